The number of Topliss-reactive ketones (excluding diaryl/α,β-unsaturated/α-hetero) is 1. The second-order valence-electron chi connectivity index (χ2n) is 5.51. The number of rotatable bonds is 3. The van der Waals surface area contributed by atoms with Gasteiger partial charge in [0.25, 0.3) is 10.2 Å². The maximum atomic E-state index is 12.9. The van der Waals surface area contributed by atoms with Gasteiger partial charge in [0, 0.05) is 18.3 Å². The summed E-state index contributed by atoms with van der Waals surface area (Å²) in [5, 5.41) is 5.31. The van der Waals surface area contributed by atoms with Crippen LogP contribution in [0.1, 0.15) is 23.7 Å². The zero-order valence-electron chi connectivity index (χ0n) is 12.9. The van der Waals surface area contributed by atoms with Gasteiger partial charge in [-0.25, -0.2) is 5.14 Å². The fourth-order valence-electron chi connectivity index (χ4n) is 2.80. The third-order valence-corrected chi connectivity index (χ3v) is 4.95. The fraction of sp³-hybridized carbons (Fsp3) is 0.176. The highest BCUT2D eigenvalue weighted by Gasteiger charge is 2.39. The second-order valence-corrected chi connectivity index (χ2v) is 7.01. The number of nitrogens with two attached hydrogens (primary N) is 1. The Kier molecular flexibility index (Phi) is 4.57. The van der Waals surface area contributed by atoms with Crippen LogP contribution in [0.2, 0.25) is 0 Å². The first-order valence-corrected chi connectivity index (χ1v) is 8.97. The normalized spacial score (nSPS) is 21.1. The van der Waals surface area contributed by atoms with E-state index < -0.39 is 16.3 Å². The highest BCUT2D eigenvalue weighted by Crippen LogP contribution is 2.32. The van der Waals surface area contributed by atoms with Gasteiger partial charge in [-0.15, -0.1) is 0 Å². The third-order valence-electron chi connectivity index (χ3n) is 3.91. The molecule has 24 heavy (non-hydrogen) atoms. The highest BCUT2D eigenvalue weighted by molar-refractivity contribution is 7.86. The zero-order chi connectivity index (χ0) is 17.2. The standard InChI is InChI=1S/C17H17N3O3S/c18-24(22,23)20-11-9-14(12-15-8-4-5-10-19-15)17(21)16(20)13-6-2-1-3-7-13/h1-8,10,12,16H,9,11H2,(H2,18,22,23). The Labute approximate surface area is 140 Å². The maximum absolute atomic E-state index is 12.9. The Morgan fingerprint density at radius 1 is 1.12 bits per heavy atom. The van der Waals surface area contributed by atoms with Gasteiger partial charge in [-0.2, -0.15) is 12.7 Å². The molecule has 0 amide bonds. The van der Waals surface area contributed by atoms with Gasteiger partial charge in [-0.3, -0.25) is 9.78 Å². The van der Waals surface area contributed by atoms with Crippen LogP contribution >= 0.6 is 0 Å². The van der Waals surface area contributed by atoms with Crippen LogP contribution in [0.5, 0.6) is 0 Å². The van der Waals surface area contributed by atoms with Crippen molar-refractivity contribution in [2.24, 2.45) is 5.14 Å². The fourth-order valence-corrected chi connectivity index (χ4v) is 3.66. The molecule has 1 saturated heterocycles. The lowest BCUT2D eigenvalue weighted by atomic mass is 9.91. The number of carbonyl (C=O) groups excluding carboxylic acids is 1. The average Bonchev–Trinajstić information content (AvgIpc) is 2.57. The highest BCUT2D eigenvalue weighted by atomic mass is 32.2. The molecule has 2 heterocycles. The molecule has 0 saturated carbocycles. The Morgan fingerprint density at radius 3 is 2.46 bits per heavy atom. The average molecular weight is 343 g/mol. The quantitative estimate of drug-likeness (QED) is 0.858. The van der Waals surface area contributed by atoms with Gasteiger partial charge in [0.2, 0.25) is 0 Å². The maximum Gasteiger partial charge on any atom is 0.277 e. The molecule has 1 unspecified atom stereocenters. The summed E-state index contributed by atoms with van der Waals surface area (Å²) in [6.45, 7) is 0.156. The summed E-state index contributed by atoms with van der Waals surface area (Å²) in [6.07, 6.45) is 3.65. The molecule has 3 rings (SSSR count). The van der Waals surface area contributed by atoms with Crippen molar-refractivity contribution >= 4 is 22.1 Å². The zero-order valence-corrected chi connectivity index (χ0v) is 13.7. The molecule has 0 radical (unpaired) electrons. The minimum absolute atomic E-state index is 0.156. The minimum atomic E-state index is -3.98. The molecule has 7 heteroatoms. The molecular formula is C17H17N3O3S. The largest absolute Gasteiger partial charge is 0.292 e. The van der Waals surface area contributed by atoms with E-state index in [0.29, 0.717) is 23.3 Å². The Bertz CT molecular complexity index is 864. The van der Waals surface area contributed by atoms with E-state index in [9.17, 15) is 13.2 Å². The molecule has 2 aromatic rings. The summed E-state index contributed by atoms with van der Waals surface area (Å²) in [7, 11) is -3.98. The topological polar surface area (TPSA) is 93.4 Å². The number of hydrogen-bond acceptors (Lipinski definition) is 4. The van der Waals surface area contributed by atoms with Crippen molar-refractivity contribution in [3.8, 4) is 0 Å². The molecule has 1 atom stereocenters. The molecule has 0 bridgehead atoms. The van der Waals surface area contributed by atoms with Crippen molar-refractivity contribution in [1.29, 1.82) is 0 Å². The van der Waals surface area contributed by atoms with Gasteiger partial charge in [0.15, 0.2) is 5.78 Å². The van der Waals surface area contributed by atoms with E-state index in [-0.39, 0.29) is 12.3 Å². The van der Waals surface area contributed by atoms with Crippen molar-refractivity contribution in [3.05, 3.63) is 71.6 Å². The van der Waals surface area contributed by atoms with Gasteiger partial charge < -0.3 is 0 Å². The monoisotopic (exact) mass is 343 g/mol. The Morgan fingerprint density at radius 2 is 1.83 bits per heavy atom. The van der Waals surface area contributed by atoms with Gasteiger partial charge in [0.1, 0.15) is 6.04 Å². The SMILES string of the molecule is NS(=O)(=O)N1CCC(=Cc2ccccn2)C(=O)C1c1ccccc1. The number of nitrogens with zero attached hydrogens (tertiary/aromatic N) is 2. The molecule has 1 aromatic heterocycles. The van der Waals surface area contributed by atoms with Crippen LogP contribution in [0, 0.1) is 0 Å². The molecule has 124 valence electrons. The van der Waals surface area contributed by atoms with Gasteiger partial charge in [0.05, 0.1) is 5.69 Å². The minimum Gasteiger partial charge on any atom is -0.292 e. The number of aromatic nitrogens is 1. The lowest BCUT2D eigenvalue weighted by molar-refractivity contribution is -0.120. The molecule has 1 aliphatic rings. The summed E-state index contributed by atoms with van der Waals surface area (Å²) >= 11 is 0. The molecule has 6 nitrogen and oxygen atoms in total. The number of piperidine rings is 1. The Hall–Kier alpha value is -2.35. The smallest absolute Gasteiger partial charge is 0.277 e. The number of ketones is 1. The van der Waals surface area contributed by atoms with E-state index in [4.69, 9.17) is 5.14 Å². The van der Waals surface area contributed by atoms with E-state index in [1.54, 1.807) is 48.7 Å². The lowest BCUT2D eigenvalue weighted by Crippen LogP contribution is -2.46. The predicted molar refractivity (Wildman–Crippen MR) is 90.8 cm³/mol. The first-order chi connectivity index (χ1) is 11.5. The second kappa shape index (κ2) is 6.64. The van der Waals surface area contributed by atoms with Crippen molar-refractivity contribution in [1.82, 2.24) is 9.29 Å². The first kappa shape index (κ1) is 16.5. The van der Waals surface area contributed by atoms with Crippen molar-refractivity contribution in [2.45, 2.75) is 12.5 Å². The molecule has 1 aromatic carbocycles. The predicted octanol–water partition coefficient (Wildman–Crippen LogP) is 1.68. The van der Waals surface area contributed by atoms with E-state index in [1.165, 1.54) is 0 Å². The van der Waals surface area contributed by atoms with E-state index in [1.807, 2.05) is 12.1 Å². The van der Waals surface area contributed by atoms with E-state index in [2.05, 4.69) is 4.98 Å². The number of benzene rings is 1. The van der Waals surface area contributed by atoms with E-state index in [0.717, 1.165) is 4.31 Å². The van der Waals surface area contributed by atoms with Gasteiger partial charge >= 0.3 is 0 Å². The van der Waals surface area contributed by atoms with Crippen LogP contribution < -0.4 is 5.14 Å². The first-order valence-electron chi connectivity index (χ1n) is 7.47. The van der Waals surface area contributed by atoms with Crippen LogP contribution in [-0.4, -0.2) is 30.0 Å². The summed E-state index contributed by atoms with van der Waals surface area (Å²) in [5.41, 5.74) is 1.81. The van der Waals surface area contributed by atoms with Gasteiger partial charge in [-0.1, -0.05) is 36.4 Å². The number of carbonyl (C=O) groups is 1. The van der Waals surface area contributed by atoms with Crippen LogP contribution in [0.15, 0.2) is 60.3 Å². The molecule has 0 aliphatic carbocycles. The molecule has 0 spiro atoms. The van der Waals surface area contributed by atoms with Gasteiger partial charge in [-0.05, 0) is 30.2 Å². The van der Waals surface area contributed by atoms with Crippen molar-refractivity contribution in [2.75, 3.05) is 6.54 Å². The molecule has 1 aliphatic heterocycles. The van der Waals surface area contributed by atoms with E-state index >= 15 is 0 Å². The van der Waals surface area contributed by atoms with Crippen LogP contribution in [0.25, 0.3) is 6.08 Å². The Balaban J connectivity index is 2.02. The number of pyridine rings is 1. The number of hydrogen-bond donors (Lipinski definition) is 1. The third kappa shape index (κ3) is 3.43. The van der Waals surface area contributed by atoms with Crippen LogP contribution in [-0.2, 0) is 15.0 Å². The van der Waals surface area contributed by atoms with Crippen molar-refractivity contribution in [3.63, 3.8) is 0 Å². The summed E-state index contributed by atoms with van der Waals surface area (Å²) in [4.78, 5) is 17.1. The molecular weight excluding hydrogens is 326 g/mol. The molecule has 2 N–H and O–H groups in total. The summed E-state index contributed by atoms with van der Waals surface area (Å²) in [6, 6.07) is 13.3. The lowest BCUT2D eigenvalue weighted by Gasteiger charge is -2.33. The van der Waals surface area contributed by atoms with Crippen molar-refractivity contribution < 1.29 is 13.2 Å². The molecule has 1 fully saturated rings. The summed E-state index contributed by atoms with van der Waals surface area (Å²) in [5.74, 6) is -0.271. The van der Waals surface area contributed by atoms with Crippen LogP contribution in [0.3, 0.4) is 0 Å². The summed E-state index contributed by atoms with van der Waals surface area (Å²) < 4.78 is 24.9. The van der Waals surface area contributed by atoms with Crippen LogP contribution in [0.4, 0.5) is 0 Å².